The number of hydrogen-bond acceptors (Lipinski definition) is 5. The Morgan fingerprint density at radius 1 is 1.16 bits per heavy atom. The molecule has 0 aliphatic carbocycles. The lowest BCUT2D eigenvalue weighted by molar-refractivity contribution is -0.136. The standard InChI is InChI=1S/C16H17N3O4S2/c20-15(17-11-14-6-2-8-24-14)16(21)18-12-4-1-5-13(10-12)19-7-3-9-25(19,22)23/h1-2,4-6,8,10H,3,7,9,11H2,(H,17,20)(H,18,21). The van der Waals surface area contributed by atoms with Crippen LogP contribution in [0.3, 0.4) is 0 Å². The highest BCUT2D eigenvalue weighted by molar-refractivity contribution is 7.93. The predicted octanol–water partition coefficient (Wildman–Crippen LogP) is 1.54. The number of nitrogens with zero attached hydrogens (tertiary/aromatic N) is 1. The van der Waals surface area contributed by atoms with Gasteiger partial charge in [-0.3, -0.25) is 13.9 Å². The van der Waals surface area contributed by atoms with Gasteiger partial charge in [-0.15, -0.1) is 11.3 Å². The lowest BCUT2D eigenvalue weighted by Gasteiger charge is -2.17. The van der Waals surface area contributed by atoms with Gasteiger partial charge in [0, 0.05) is 17.1 Å². The van der Waals surface area contributed by atoms with E-state index in [1.807, 2.05) is 17.5 Å². The average Bonchev–Trinajstić information content (AvgIpc) is 3.21. The van der Waals surface area contributed by atoms with Crippen molar-refractivity contribution in [2.24, 2.45) is 0 Å². The number of sulfonamides is 1. The van der Waals surface area contributed by atoms with E-state index in [1.54, 1.807) is 24.3 Å². The summed E-state index contributed by atoms with van der Waals surface area (Å²) in [6.07, 6.45) is 0.573. The molecule has 132 valence electrons. The fourth-order valence-corrected chi connectivity index (χ4v) is 4.72. The van der Waals surface area contributed by atoms with Crippen molar-refractivity contribution in [3.8, 4) is 0 Å². The molecule has 1 fully saturated rings. The molecule has 2 N–H and O–H groups in total. The molecule has 25 heavy (non-hydrogen) atoms. The van der Waals surface area contributed by atoms with E-state index >= 15 is 0 Å². The van der Waals surface area contributed by atoms with E-state index in [0.717, 1.165) is 4.88 Å². The van der Waals surface area contributed by atoms with Crippen molar-refractivity contribution in [1.82, 2.24) is 5.32 Å². The number of nitrogens with one attached hydrogen (secondary N) is 2. The quantitative estimate of drug-likeness (QED) is 0.788. The average molecular weight is 379 g/mol. The first kappa shape index (κ1) is 17.4. The van der Waals surface area contributed by atoms with E-state index in [2.05, 4.69) is 10.6 Å². The van der Waals surface area contributed by atoms with E-state index < -0.39 is 21.8 Å². The summed E-state index contributed by atoms with van der Waals surface area (Å²) in [6.45, 7) is 0.705. The van der Waals surface area contributed by atoms with Crippen molar-refractivity contribution >= 4 is 44.5 Å². The summed E-state index contributed by atoms with van der Waals surface area (Å²) >= 11 is 1.49. The highest BCUT2D eigenvalue weighted by Gasteiger charge is 2.28. The topological polar surface area (TPSA) is 95.6 Å². The maximum Gasteiger partial charge on any atom is 0.313 e. The predicted molar refractivity (Wildman–Crippen MR) is 97.0 cm³/mol. The maximum atomic E-state index is 12.0. The summed E-state index contributed by atoms with van der Waals surface area (Å²) in [5, 5.41) is 6.92. The molecule has 1 aromatic heterocycles. The van der Waals surface area contributed by atoms with Crippen molar-refractivity contribution in [2.75, 3.05) is 21.9 Å². The Kier molecular flexibility index (Phi) is 5.05. The Bertz CT molecular complexity index is 879. The van der Waals surface area contributed by atoms with Crippen LogP contribution in [-0.4, -0.2) is 32.5 Å². The zero-order chi connectivity index (χ0) is 17.9. The second-order valence-electron chi connectivity index (χ2n) is 5.51. The molecule has 2 amide bonds. The van der Waals surface area contributed by atoms with Gasteiger partial charge in [0.25, 0.3) is 0 Å². The van der Waals surface area contributed by atoms with Gasteiger partial charge >= 0.3 is 11.8 Å². The molecule has 2 aromatic rings. The van der Waals surface area contributed by atoms with Gasteiger partial charge in [0.1, 0.15) is 0 Å². The van der Waals surface area contributed by atoms with Crippen LogP contribution in [0.4, 0.5) is 11.4 Å². The number of rotatable bonds is 4. The molecule has 3 rings (SSSR count). The summed E-state index contributed by atoms with van der Waals surface area (Å²) in [4.78, 5) is 24.8. The van der Waals surface area contributed by atoms with E-state index in [4.69, 9.17) is 0 Å². The third-order valence-electron chi connectivity index (χ3n) is 3.70. The molecule has 9 heteroatoms. The Morgan fingerprint density at radius 2 is 2.00 bits per heavy atom. The van der Waals surface area contributed by atoms with Gasteiger partial charge in [-0.05, 0) is 36.1 Å². The van der Waals surface area contributed by atoms with Crippen LogP contribution in [0, 0.1) is 0 Å². The molecular weight excluding hydrogens is 362 g/mol. The lowest BCUT2D eigenvalue weighted by Crippen LogP contribution is -2.34. The molecule has 1 aliphatic heterocycles. The lowest BCUT2D eigenvalue weighted by atomic mass is 10.2. The first-order valence-electron chi connectivity index (χ1n) is 7.68. The van der Waals surface area contributed by atoms with Crippen molar-refractivity contribution in [2.45, 2.75) is 13.0 Å². The van der Waals surface area contributed by atoms with Crippen LogP contribution in [0.2, 0.25) is 0 Å². The van der Waals surface area contributed by atoms with Crippen molar-refractivity contribution in [1.29, 1.82) is 0 Å². The third-order valence-corrected chi connectivity index (χ3v) is 6.45. The maximum absolute atomic E-state index is 12.0. The fraction of sp³-hybridized carbons (Fsp3) is 0.250. The highest BCUT2D eigenvalue weighted by atomic mass is 32.2. The Balaban J connectivity index is 1.63. The van der Waals surface area contributed by atoms with Gasteiger partial charge in [-0.1, -0.05) is 12.1 Å². The first-order chi connectivity index (χ1) is 12.0. The Morgan fingerprint density at radius 3 is 2.68 bits per heavy atom. The molecule has 1 saturated heterocycles. The molecule has 0 radical (unpaired) electrons. The molecule has 0 bridgehead atoms. The zero-order valence-corrected chi connectivity index (χ0v) is 14.9. The van der Waals surface area contributed by atoms with Crippen LogP contribution in [0.15, 0.2) is 41.8 Å². The van der Waals surface area contributed by atoms with Crippen LogP contribution in [0.5, 0.6) is 0 Å². The summed E-state index contributed by atoms with van der Waals surface area (Å²) in [7, 11) is -3.29. The number of amides is 2. The molecule has 1 aliphatic rings. The van der Waals surface area contributed by atoms with Gasteiger partial charge in [0.15, 0.2) is 0 Å². The highest BCUT2D eigenvalue weighted by Crippen LogP contribution is 2.26. The van der Waals surface area contributed by atoms with Crippen LogP contribution in [-0.2, 0) is 26.2 Å². The molecule has 2 heterocycles. The minimum atomic E-state index is -3.29. The smallest absolute Gasteiger partial charge is 0.313 e. The second kappa shape index (κ2) is 7.24. The van der Waals surface area contributed by atoms with Gasteiger partial charge in [-0.2, -0.15) is 0 Å². The number of benzene rings is 1. The van der Waals surface area contributed by atoms with E-state index in [1.165, 1.54) is 15.6 Å². The minimum absolute atomic E-state index is 0.120. The van der Waals surface area contributed by atoms with E-state index in [-0.39, 0.29) is 12.3 Å². The largest absolute Gasteiger partial charge is 0.343 e. The Labute approximate surface area is 149 Å². The Hall–Kier alpha value is -2.39. The molecule has 1 aromatic carbocycles. The number of thiophene rings is 1. The summed E-state index contributed by atoms with van der Waals surface area (Å²) in [6, 6.07) is 10.2. The number of hydrogen-bond donors (Lipinski definition) is 2. The van der Waals surface area contributed by atoms with Crippen molar-refractivity contribution in [3.63, 3.8) is 0 Å². The number of anilines is 2. The first-order valence-corrected chi connectivity index (χ1v) is 10.2. The van der Waals surface area contributed by atoms with Crippen LogP contribution in [0.25, 0.3) is 0 Å². The zero-order valence-electron chi connectivity index (χ0n) is 13.3. The van der Waals surface area contributed by atoms with Gasteiger partial charge < -0.3 is 10.6 Å². The van der Waals surface area contributed by atoms with Crippen LogP contribution < -0.4 is 14.9 Å². The monoisotopic (exact) mass is 379 g/mol. The molecule has 0 atom stereocenters. The SMILES string of the molecule is O=C(NCc1cccs1)C(=O)Nc1cccc(N2CCCS2(=O)=O)c1. The van der Waals surface area contributed by atoms with Gasteiger partial charge in [-0.25, -0.2) is 8.42 Å². The number of carbonyl (C=O) groups is 2. The summed E-state index contributed by atoms with van der Waals surface area (Å²) in [5.41, 5.74) is 0.852. The van der Waals surface area contributed by atoms with Crippen molar-refractivity contribution in [3.05, 3.63) is 46.7 Å². The third kappa shape index (κ3) is 4.18. The molecule has 0 unspecified atom stereocenters. The van der Waals surface area contributed by atoms with Gasteiger partial charge in [0.2, 0.25) is 10.0 Å². The summed E-state index contributed by atoms with van der Waals surface area (Å²) < 4.78 is 25.3. The molecule has 7 nitrogen and oxygen atoms in total. The normalized spacial score (nSPS) is 15.8. The van der Waals surface area contributed by atoms with E-state index in [0.29, 0.717) is 24.3 Å². The number of carbonyl (C=O) groups excluding carboxylic acids is 2. The molecule has 0 saturated carbocycles. The van der Waals surface area contributed by atoms with Crippen molar-refractivity contribution < 1.29 is 18.0 Å². The van der Waals surface area contributed by atoms with Crippen LogP contribution in [0.1, 0.15) is 11.3 Å². The van der Waals surface area contributed by atoms with Crippen LogP contribution >= 0.6 is 11.3 Å². The molecular formula is C16H17N3O4S2. The summed E-state index contributed by atoms with van der Waals surface area (Å²) in [5.74, 6) is -1.42. The molecule has 0 spiro atoms. The second-order valence-corrected chi connectivity index (χ2v) is 8.55. The minimum Gasteiger partial charge on any atom is -0.343 e. The van der Waals surface area contributed by atoms with E-state index in [9.17, 15) is 18.0 Å². The van der Waals surface area contributed by atoms with Gasteiger partial charge in [0.05, 0.1) is 18.0 Å². The fourth-order valence-electron chi connectivity index (χ4n) is 2.52.